The van der Waals surface area contributed by atoms with Crippen LogP contribution in [0.15, 0.2) is 78.9 Å². The quantitative estimate of drug-likeness (QED) is 0.625. The van der Waals surface area contributed by atoms with Crippen LogP contribution in [-0.2, 0) is 4.79 Å². The first kappa shape index (κ1) is 17.5. The van der Waals surface area contributed by atoms with E-state index in [0.29, 0.717) is 10.7 Å². The van der Waals surface area contributed by atoms with Gasteiger partial charge in [0.2, 0.25) is 0 Å². The van der Waals surface area contributed by atoms with E-state index >= 15 is 0 Å². The van der Waals surface area contributed by atoms with Gasteiger partial charge in [-0.3, -0.25) is 4.79 Å². The van der Waals surface area contributed by atoms with Crippen molar-refractivity contribution in [2.75, 3.05) is 4.90 Å². The summed E-state index contributed by atoms with van der Waals surface area (Å²) in [7, 11) is 0. The second-order valence-corrected chi connectivity index (χ2v) is 5.14. The molecule has 0 aromatic heterocycles. The summed E-state index contributed by atoms with van der Waals surface area (Å²) in [6.07, 6.45) is 0. The summed E-state index contributed by atoms with van der Waals surface area (Å²) in [5.74, 6) is -0.352. The van der Waals surface area contributed by atoms with Gasteiger partial charge in [-0.2, -0.15) is 0 Å². The molecule has 3 aromatic carbocycles. The second kappa shape index (κ2) is 8.70. The Bertz CT molecular complexity index is 742. The van der Waals surface area contributed by atoms with Crippen molar-refractivity contribution < 1.29 is 14.3 Å². The van der Waals surface area contributed by atoms with Crippen molar-refractivity contribution in [2.45, 2.75) is 0 Å². The molecule has 0 aliphatic rings. The van der Waals surface area contributed by atoms with E-state index in [-0.39, 0.29) is 12.3 Å². The molecule has 3 aromatic rings. The Labute approximate surface area is 144 Å². The van der Waals surface area contributed by atoms with E-state index < -0.39 is 0 Å². The van der Waals surface area contributed by atoms with Gasteiger partial charge in [-0.15, -0.1) is 0 Å². The molecule has 24 heavy (non-hydrogen) atoms. The van der Waals surface area contributed by atoms with Crippen LogP contribution in [0.5, 0.6) is 0 Å². The first-order chi connectivity index (χ1) is 11.7. The second-order valence-electron chi connectivity index (χ2n) is 4.71. The lowest BCUT2D eigenvalue weighted by Gasteiger charge is -2.25. The highest BCUT2D eigenvalue weighted by Gasteiger charge is 2.15. The minimum atomic E-state index is -0.352. The van der Waals surface area contributed by atoms with Crippen molar-refractivity contribution in [3.05, 3.63) is 89.7 Å². The highest BCUT2D eigenvalue weighted by molar-refractivity contribution is 6.30. The molecule has 0 amide bonds. The predicted molar refractivity (Wildman–Crippen MR) is 94.8 cm³/mol. The third-order valence-corrected chi connectivity index (χ3v) is 3.41. The SMILES string of the molecule is Fc1cc(Cl)ccc1N(c1ccccc1)c1ccccc1.O=CO. The summed E-state index contributed by atoms with van der Waals surface area (Å²) < 4.78 is 14.3. The van der Waals surface area contributed by atoms with Gasteiger partial charge in [0.25, 0.3) is 6.47 Å². The van der Waals surface area contributed by atoms with Crippen molar-refractivity contribution in [2.24, 2.45) is 0 Å². The molecule has 3 rings (SSSR count). The lowest BCUT2D eigenvalue weighted by Crippen LogP contribution is -2.11. The minimum absolute atomic E-state index is 0.250. The molecule has 1 N–H and O–H groups in total. The van der Waals surface area contributed by atoms with Gasteiger partial charge in [-0.25, -0.2) is 4.39 Å². The molecule has 0 atom stereocenters. The van der Waals surface area contributed by atoms with Gasteiger partial charge in [0, 0.05) is 16.4 Å². The molecule has 0 aliphatic heterocycles. The molecule has 5 heteroatoms. The lowest BCUT2D eigenvalue weighted by molar-refractivity contribution is -0.122. The summed E-state index contributed by atoms with van der Waals surface area (Å²) >= 11 is 5.86. The standard InChI is InChI=1S/C18H13ClFN.CH2O2/c19-14-11-12-18(17(20)13-14)21(15-7-3-1-4-8-15)16-9-5-2-6-10-16;2-1-3/h1-13H;1H,(H,2,3). The van der Waals surface area contributed by atoms with E-state index in [4.69, 9.17) is 21.5 Å². The van der Waals surface area contributed by atoms with Gasteiger partial charge in [-0.05, 0) is 42.5 Å². The Hall–Kier alpha value is -2.85. The van der Waals surface area contributed by atoms with E-state index in [1.165, 1.54) is 6.07 Å². The Morgan fingerprint density at radius 3 is 1.75 bits per heavy atom. The normalized spacial score (nSPS) is 9.58. The van der Waals surface area contributed by atoms with Crippen LogP contribution in [0.3, 0.4) is 0 Å². The smallest absolute Gasteiger partial charge is 0.290 e. The predicted octanol–water partition coefficient (Wildman–Crippen LogP) is 5.65. The van der Waals surface area contributed by atoms with Crippen LogP contribution in [0.2, 0.25) is 5.02 Å². The van der Waals surface area contributed by atoms with E-state index in [2.05, 4.69) is 0 Å². The molecule has 0 saturated carbocycles. The third-order valence-electron chi connectivity index (χ3n) is 3.18. The molecule has 122 valence electrons. The fraction of sp³-hybridized carbons (Fsp3) is 0. The zero-order valence-corrected chi connectivity index (χ0v) is 13.4. The van der Waals surface area contributed by atoms with E-state index in [9.17, 15) is 4.39 Å². The van der Waals surface area contributed by atoms with E-state index in [1.54, 1.807) is 12.1 Å². The van der Waals surface area contributed by atoms with Crippen LogP contribution >= 0.6 is 11.6 Å². The van der Waals surface area contributed by atoms with Crippen molar-refractivity contribution in [3.8, 4) is 0 Å². The molecule has 0 bridgehead atoms. The van der Waals surface area contributed by atoms with Crippen LogP contribution in [0, 0.1) is 5.82 Å². The Balaban J connectivity index is 0.000000647. The summed E-state index contributed by atoms with van der Waals surface area (Å²) in [4.78, 5) is 10.2. The molecule has 0 fully saturated rings. The average molecular weight is 344 g/mol. The zero-order valence-electron chi connectivity index (χ0n) is 12.6. The Kier molecular flexibility index (Phi) is 6.34. The summed E-state index contributed by atoms with van der Waals surface area (Å²) in [6.45, 7) is -0.250. The van der Waals surface area contributed by atoms with Gasteiger partial charge < -0.3 is 10.0 Å². The Morgan fingerprint density at radius 1 is 0.875 bits per heavy atom. The monoisotopic (exact) mass is 343 g/mol. The largest absolute Gasteiger partial charge is 0.483 e. The zero-order chi connectivity index (χ0) is 17.4. The number of rotatable bonds is 3. The average Bonchev–Trinajstić information content (AvgIpc) is 2.60. The van der Waals surface area contributed by atoms with Crippen LogP contribution in [0.4, 0.5) is 21.5 Å². The molecular formula is C19H15ClFNO2. The number of nitrogens with zero attached hydrogens (tertiary/aromatic N) is 1. The Morgan fingerprint density at radius 2 is 1.33 bits per heavy atom. The molecule has 0 aliphatic carbocycles. The highest BCUT2D eigenvalue weighted by Crippen LogP contribution is 2.36. The van der Waals surface area contributed by atoms with Gasteiger partial charge in [0.05, 0.1) is 5.69 Å². The first-order valence-corrected chi connectivity index (χ1v) is 7.48. The van der Waals surface area contributed by atoms with Gasteiger partial charge in [-0.1, -0.05) is 48.0 Å². The fourth-order valence-electron chi connectivity index (χ4n) is 2.24. The lowest BCUT2D eigenvalue weighted by atomic mass is 10.2. The maximum atomic E-state index is 14.3. The van der Waals surface area contributed by atoms with Crippen LogP contribution < -0.4 is 4.90 Å². The maximum Gasteiger partial charge on any atom is 0.290 e. The van der Waals surface area contributed by atoms with Gasteiger partial charge >= 0.3 is 0 Å². The van der Waals surface area contributed by atoms with Crippen molar-refractivity contribution in [1.29, 1.82) is 0 Å². The molecule has 3 nitrogen and oxygen atoms in total. The molecule has 0 heterocycles. The molecule has 0 unspecified atom stereocenters. The van der Waals surface area contributed by atoms with Crippen LogP contribution in [-0.4, -0.2) is 11.6 Å². The van der Waals surface area contributed by atoms with Crippen molar-refractivity contribution in [1.82, 2.24) is 0 Å². The number of halogens is 2. The topological polar surface area (TPSA) is 40.5 Å². The van der Waals surface area contributed by atoms with Gasteiger partial charge in [0.1, 0.15) is 5.82 Å². The molecule has 0 saturated heterocycles. The first-order valence-electron chi connectivity index (χ1n) is 7.10. The van der Waals surface area contributed by atoms with Crippen molar-refractivity contribution >= 4 is 35.1 Å². The van der Waals surface area contributed by atoms with Crippen LogP contribution in [0.1, 0.15) is 0 Å². The number of anilines is 3. The summed E-state index contributed by atoms with van der Waals surface area (Å²) in [5, 5.41) is 7.28. The number of carboxylic acid groups (broad SMARTS) is 1. The van der Waals surface area contributed by atoms with Crippen LogP contribution in [0.25, 0.3) is 0 Å². The summed E-state index contributed by atoms with van der Waals surface area (Å²) in [6, 6.07) is 24.1. The number of para-hydroxylation sites is 2. The molecule has 0 radical (unpaired) electrons. The van der Waals surface area contributed by atoms with Gasteiger partial charge in [0.15, 0.2) is 0 Å². The summed E-state index contributed by atoms with van der Waals surface area (Å²) in [5.41, 5.74) is 2.26. The third kappa shape index (κ3) is 4.33. The number of carbonyl (C=O) groups is 1. The highest BCUT2D eigenvalue weighted by atomic mass is 35.5. The number of hydrogen-bond donors (Lipinski definition) is 1. The van der Waals surface area contributed by atoms with Crippen molar-refractivity contribution in [3.63, 3.8) is 0 Å². The number of hydrogen-bond acceptors (Lipinski definition) is 2. The van der Waals surface area contributed by atoms with E-state index in [0.717, 1.165) is 11.4 Å². The maximum absolute atomic E-state index is 14.3. The fourth-order valence-corrected chi connectivity index (χ4v) is 2.40. The molecular weight excluding hydrogens is 329 g/mol. The number of benzene rings is 3. The molecule has 0 spiro atoms. The minimum Gasteiger partial charge on any atom is -0.483 e. The van der Waals surface area contributed by atoms with E-state index in [1.807, 2.05) is 65.6 Å².